The van der Waals surface area contributed by atoms with Crippen molar-refractivity contribution in [3.63, 3.8) is 0 Å². The van der Waals surface area contributed by atoms with E-state index in [-0.39, 0.29) is 21.7 Å². The van der Waals surface area contributed by atoms with E-state index in [1.54, 1.807) is 0 Å². The minimum absolute atomic E-state index is 0.0368. The third kappa shape index (κ3) is 8.93. The van der Waals surface area contributed by atoms with E-state index in [1.165, 1.54) is 143 Å². The molecule has 1 aromatic heterocycles. The van der Waals surface area contributed by atoms with Gasteiger partial charge in [-0.2, -0.15) is 0 Å². The molecule has 4 nitrogen and oxygen atoms in total. The number of hydrogen-bond donors (Lipinski definition) is 1. The zero-order valence-corrected chi connectivity index (χ0v) is 52.6. The van der Waals surface area contributed by atoms with Crippen LogP contribution in [-0.4, -0.2) is 37.4 Å². The molecular weight excluding hydrogens is 1140 g/mol. The molecule has 0 atom stereocenters. The van der Waals surface area contributed by atoms with Crippen molar-refractivity contribution < 1.29 is 0 Å². The molecule has 0 spiro atoms. The Bertz CT molecular complexity index is 3870. The van der Waals surface area contributed by atoms with Crippen LogP contribution in [0.5, 0.6) is 0 Å². The van der Waals surface area contributed by atoms with E-state index in [0.717, 1.165) is 57.9 Å². The van der Waals surface area contributed by atoms with Gasteiger partial charge < -0.3 is 0 Å². The molecule has 3 aliphatic carbocycles. The van der Waals surface area contributed by atoms with Gasteiger partial charge in [-0.25, -0.2) is 0 Å². The van der Waals surface area contributed by atoms with Crippen molar-refractivity contribution in [3.05, 3.63) is 212 Å². The van der Waals surface area contributed by atoms with E-state index in [9.17, 15) is 0 Å². The maximum atomic E-state index is 3.68. The average molecular weight is 1220 g/mol. The van der Waals surface area contributed by atoms with E-state index in [0.29, 0.717) is 0 Å². The summed E-state index contributed by atoms with van der Waals surface area (Å²) in [5.41, 5.74) is 31.2. The van der Waals surface area contributed by atoms with E-state index in [2.05, 4.69) is 262 Å². The summed E-state index contributed by atoms with van der Waals surface area (Å²) in [5, 5.41) is 4.98. The molecule has 12 rings (SSSR count). The molecular formula is C73H77N4Pb. The summed E-state index contributed by atoms with van der Waals surface area (Å²) in [5.74, 6) is 0. The molecule has 2 heterocycles. The molecule has 4 aliphatic rings. The van der Waals surface area contributed by atoms with Gasteiger partial charge in [-0.3, -0.25) is 0 Å². The molecule has 1 N–H and O–H groups in total. The summed E-state index contributed by atoms with van der Waals surface area (Å²) in [4.78, 5) is 5.33. The van der Waals surface area contributed by atoms with Crippen molar-refractivity contribution in [1.82, 2.24) is 4.57 Å². The molecule has 7 aromatic carbocycles. The van der Waals surface area contributed by atoms with E-state index in [1.807, 2.05) is 0 Å². The molecule has 5 heteroatoms. The second kappa shape index (κ2) is 18.9. The van der Waals surface area contributed by atoms with E-state index >= 15 is 0 Å². The molecule has 78 heavy (non-hydrogen) atoms. The van der Waals surface area contributed by atoms with Crippen molar-refractivity contribution in [3.8, 4) is 16.8 Å². The van der Waals surface area contributed by atoms with Crippen LogP contribution in [0.25, 0.3) is 33.8 Å². The fourth-order valence-corrected chi connectivity index (χ4v) is 15.5. The summed E-state index contributed by atoms with van der Waals surface area (Å²) in [7, 11) is 2.09. The van der Waals surface area contributed by atoms with E-state index < -0.39 is 0 Å². The number of benzene rings is 7. The first kappa shape index (κ1) is 52.3. The van der Waals surface area contributed by atoms with Crippen LogP contribution in [0, 0.1) is 13.8 Å². The number of fused-ring (bicyclic) bond motifs is 6. The van der Waals surface area contributed by atoms with Crippen LogP contribution < -0.4 is 18.2 Å². The standard InChI is InChI=1S/C73H77N4.Pb/c1-45-34-46(2)66(43-60(45)71(6,7)8)75(53-27-21-26-52(39-53)70(3,4)5)68-41-55(77-64-32-28-49(47-22-17-15-18-23-47)35-56(64)57-36-50(29-33-65(57)77)48-24-19-16-20-25-48)42-69-58(68)37-51-38-63(74-14)62(72(9,10)11)44-67(51)76(69)54-30-31-59-61(40-54)73(59,12)13;/h15-19,21-24,27-28,30-32,34-36,38-44,74H,20,25,29,33,37H2,1-14H3;. The predicted octanol–water partition coefficient (Wildman–Crippen LogP) is 18.7. The molecule has 0 saturated carbocycles. The summed E-state index contributed by atoms with van der Waals surface area (Å²) in [6.07, 6.45) is 14.4. The Balaban J connectivity index is 1.23. The zero-order valence-electron chi connectivity index (χ0n) is 48.7. The van der Waals surface area contributed by atoms with Gasteiger partial charge in [0, 0.05) is 12.5 Å². The van der Waals surface area contributed by atoms with Crippen LogP contribution in [0.4, 0.5) is 39.8 Å². The Hall–Kier alpha value is -6.38. The summed E-state index contributed by atoms with van der Waals surface area (Å²) < 4.78 is 4.12. The van der Waals surface area contributed by atoms with Crippen LogP contribution in [0.2, 0.25) is 0 Å². The summed E-state index contributed by atoms with van der Waals surface area (Å²) in [6.45, 7) is 30.7. The Labute approximate surface area is 481 Å². The Kier molecular flexibility index (Phi) is 12.7. The quantitative estimate of drug-likeness (QED) is 0.153. The number of allylic oxidation sites excluding steroid dienone is 5. The number of nitrogens with one attached hydrogen (secondary N) is 1. The van der Waals surface area contributed by atoms with Crippen molar-refractivity contribution >= 4 is 85.7 Å². The van der Waals surface area contributed by atoms with Gasteiger partial charge >= 0.3 is 343 Å². The molecule has 3 radical (unpaired) electrons. The Morgan fingerprint density at radius 1 is 0.615 bits per heavy atom. The molecule has 393 valence electrons. The first-order valence-electron chi connectivity index (χ1n) is 28.6. The monoisotopic (exact) mass is 1220 g/mol. The predicted molar refractivity (Wildman–Crippen MR) is 336 cm³/mol. The van der Waals surface area contributed by atoms with Gasteiger partial charge in [-0.05, 0) is 46.1 Å². The maximum absolute atomic E-state index is 3.68. The minimum atomic E-state index is -0.0983. The molecule has 0 saturated heterocycles. The van der Waals surface area contributed by atoms with Crippen LogP contribution in [0.15, 0.2) is 151 Å². The van der Waals surface area contributed by atoms with Crippen molar-refractivity contribution in [2.24, 2.45) is 0 Å². The number of hydrogen-bond acceptors (Lipinski definition) is 3. The second-order valence-electron chi connectivity index (χ2n) is 26.5. The third-order valence-electron chi connectivity index (χ3n) is 17.6. The molecule has 1 aliphatic heterocycles. The third-order valence-corrected chi connectivity index (χ3v) is 19.3. The average Bonchev–Trinajstić information content (AvgIpc) is 3.38. The summed E-state index contributed by atoms with van der Waals surface area (Å²) >= 11 is 0.971. The fraction of sp³-hybridized carbons (Fsp3) is 0.315. The molecule has 0 unspecified atom stereocenters. The van der Waals surface area contributed by atoms with Gasteiger partial charge in [0.1, 0.15) is 0 Å². The number of aryl methyl sites for hydroxylation is 2. The number of anilines is 7. The van der Waals surface area contributed by atoms with Crippen LogP contribution >= 0.6 is 0 Å². The topological polar surface area (TPSA) is 23.4 Å². The van der Waals surface area contributed by atoms with Crippen LogP contribution in [-0.2, 0) is 34.5 Å². The number of nitrogens with zero attached hydrogens (tertiary/aromatic N) is 3. The van der Waals surface area contributed by atoms with Gasteiger partial charge in [0.05, 0.1) is 0 Å². The molecule has 0 fully saturated rings. The Morgan fingerprint density at radius 2 is 1.37 bits per heavy atom. The SMILES string of the molecule is CNc1cc2c(cc1C(C)(C)C)N(c1ccc3c(c1)C3(C)C)c1cc(-n3c4c(c5cc(-c6ccccc6)ccc53)C=C(C3=CC=CCC3)CC4)cc(N(c3cc[c]([Pb])c(C(C)(C)C)c3)c3cc(C(C)(C)C)c(C)cc3C)c1C2. The molecule has 0 amide bonds. The van der Waals surface area contributed by atoms with E-state index in [4.69, 9.17) is 0 Å². The van der Waals surface area contributed by atoms with Gasteiger partial charge in [0.2, 0.25) is 0 Å². The van der Waals surface area contributed by atoms with Crippen LogP contribution in [0.1, 0.15) is 157 Å². The number of rotatable bonds is 8. The van der Waals surface area contributed by atoms with Crippen LogP contribution in [0.3, 0.4) is 0 Å². The van der Waals surface area contributed by atoms with Gasteiger partial charge in [0.15, 0.2) is 0 Å². The van der Waals surface area contributed by atoms with Crippen molar-refractivity contribution in [2.45, 2.75) is 144 Å². The van der Waals surface area contributed by atoms with Gasteiger partial charge in [-0.15, -0.1) is 0 Å². The second-order valence-corrected chi connectivity index (χ2v) is 28.6. The van der Waals surface area contributed by atoms with Crippen molar-refractivity contribution in [1.29, 1.82) is 0 Å². The zero-order chi connectivity index (χ0) is 55.0. The first-order valence-corrected chi connectivity index (χ1v) is 30.5. The molecule has 8 aromatic rings. The first-order chi connectivity index (χ1) is 37.0. The van der Waals surface area contributed by atoms with Gasteiger partial charge in [0.25, 0.3) is 0 Å². The summed E-state index contributed by atoms with van der Waals surface area (Å²) in [6, 6.07) is 48.0. The Morgan fingerprint density at radius 3 is 2.06 bits per heavy atom. The molecule has 0 bridgehead atoms. The van der Waals surface area contributed by atoms with Crippen molar-refractivity contribution in [2.75, 3.05) is 22.2 Å². The normalized spacial score (nSPS) is 15.6. The van der Waals surface area contributed by atoms with Gasteiger partial charge in [-0.1, -0.05) is 83.2 Å². The number of aromatic nitrogens is 1. The fourth-order valence-electron chi connectivity index (χ4n) is 13.4.